The van der Waals surface area contributed by atoms with E-state index in [0.717, 1.165) is 128 Å². The van der Waals surface area contributed by atoms with Crippen molar-refractivity contribution in [3.05, 3.63) is 48.6 Å². The second-order valence-corrected chi connectivity index (χ2v) is 31.3. The van der Waals surface area contributed by atoms with Crippen LogP contribution in [0, 0.1) is 0 Å². The third-order valence-corrected chi connectivity index (χ3v) is 20.2. The van der Waals surface area contributed by atoms with E-state index < -0.39 is 97.5 Å². The van der Waals surface area contributed by atoms with E-state index in [2.05, 4.69) is 76.3 Å². The number of ether oxygens (including phenoxy) is 4. The molecule has 0 aliphatic heterocycles. The maximum Gasteiger partial charge on any atom is 0.472 e. The van der Waals surface area contributed by atoms with Crippen molar-refractivity contribution in [1.29, 1.82) is 0 Å². The first-order valence-electron chi connectivity index (χ1n) is 41.9. The predicted molar refractivity (Wildman–Crippen MR) is 418 cm³/mol. The first-order chi connectivity index (χ1) is 49.7. The molecule has 0 aliphatic carbocycles. The molecule has 3 N–H and O–H groups in total. The summed E-state index contributed by atoms with van der Waals surface area (Å²) < 4.78 is 68.7. The van der Waals surface area contributed by atoms with Gasteiger partial charge in [-0.1, -0.05) is 333 Å². The van der Waals surface area contributed by atoms with E-state index in [-0.39, 0.29) is 25.7 Å². The summed E-state index contributed by atoms with van der Waals surface area (Å²) in [5.74, 6) is -2.16. The molecular weight excluding hydrogens is 1330 g/mol. The zero-order chi connectivity index (χ0) is 74.6. The zero-order valence-corrected chi connectivity index (χ0v) is 67.3. The molecule has 17 nitrogen and oxygen atoms in total. The van der Waals surface area contributed by atoms with E-state index in [1.54, 1.807) is 0 Å². The zero-order valence-electron chi connectivity index (χ0n) is 65.6. The molecule has 0 bridgehead atoms. The van der Waals surface area contributed by atoms with Crippen LogP contribution in [0.25, 0.3) is 0 Å². The van der Waals surface area contributed by atoms with Crippen molar-refractivity contribution in [3.8, 4) is 0 Å². The van der Waals surface area contributed by atoms with Gasteiger partial charge in [0, 0.05) is 25.7 Å². The Morgan fingerprint density at radius 2 is 0.480 bits per heavy atom. The van der Waals surface area contributed by atoms with Crippen LogP contribution in [-0.2, 0) is 65.4 Å². The number of carbonyl (C=O) groups excluding carboxylic acids is 4. The smallest absolute Gasteiger partial charge is 0.462 e. The van der Waals surface area contributed by atoms with Crippen molar-refractivity contribution in [1.82, 2.24) is 0 Å². The van der Waals surface area contributed by atoms with Crippen LogP contribution in [-0.4, -0.2) is 96.7 Å². The lowest BCUT2D eigenvalue weighted by Gasteiger charge is -2.21. The highest BCUT2D eigenvalue weighted by Crippen LogP contribution is 2.45. The van der Waals surface area contributed by atoms with Crippen LogP contribution in [0.5, 0.6) is 0 Å². The van der Waals surface area contributed by atoms with E-state index in [1.807, 2.05) is 0 Å². The third-order valence-electron chi connectivity index (χ3n) is 18.3. The average molecular weight is 1490 g/mol. The summed E-state index contributed by atoms with van der Waals surface area (Å²) >= 11 is 0. The van der Waals surface area contributed by atoms with E-state index in [4.69, 9.17) is 37.0 Å². The highest BCUT2D eigenvalue weighted by atomic mass is 31.2. The van der Waals surface area contributed by atoms with Crippen LogP contribution < -0.4 is 0 Å². The van der Waals surface area contributed by atoms with Crippen LogP contribution in [0.3, 0.4) is 0 Å². The molecule has 102 heavy (non-hydrogen) atoms. The van der Waals surface area contributed by atoms with Crippen LogP contribution in [0.15, 0.2) is 48.6 Å². The molecule has 2 unspecified atom stereocenters. The van der Waals surface area contributed by atoms with E-state index >= 15 is 0 Å². The molecule has 0 spiro atoms. The van der Waals surface area contributed by atoms with Gasteiger partial charge < -0.3 is 33.8 Å². The highest BCUT2D eigenvalue weighted by Gasteiger charge is 2.30. The van der Waals surface area contributed by atoms with Crippen molar-refractivity contribution >= 4 is 39.5 Å². The molecule has 0 aliphatic rings. The fraction of sp³-hybridized carbons (Fsp3) is 0.855. The summed E-state index contributed by atoms with van der Waals surface area (Å²) in [4.78, 5) is 73.1. The SMILES string of the molecule is CCCCC/C=C\C/C=C\CCCCCCCC(=O)O[C@H](COC(=O)CCCCCCCCCCCCCCCCC)COP(=O)(O)OC[C@H](O)COP(=O)(O)OC[C@@H](COC(=O)CCCCCCCCCCCCCCCCCCC)OC(=O)CCCCCCC/C=C\C/C=C\CCCCC. The van der Waals surface area contributed by atoms with Gasteiger partial charge in [0.15, 0.2) is 12.2 Å². The summed E-state index contributed by atoms with van der Waals surface area (Å²) in [5, 5.41) is 10.7. The molecule has 5 atom stereocenters. The minimum Gasteiger partial charge on any atom is -0.462 e. The van der Waals surface area contributed by atoms with E-state index in [9.17, 15) is 43.2 Å². The van der Waals surface area contributed by atoms with Gasteiger partial charge in [0.05, 0.1) is 26.4 Å². The summed E-state index contributed by atoms with van der Waals surface area (Å²) in [7, 11) is -9.95. The van der Waals surface area contributed by atoms with Gasteiger partial charge in [0.25, 0.3) is 0 Å². The number of phosphoric acid groups is 2. The molecule has 19 heteroatoms. The molecule has 0 amide bonds. The Hall–Kier alpha value is -2.98. The number of hydrogen-bond donors (Lipinski definition) is 3. The lowest BCUT2D eigenvalue weighted by molar-refractivity contribution is -0.161. The fourth-order valence-electron chi connectivity index (χ4n) is 11.9. The predicted octanol–water partition coefficient (Wildman–Crippen LogP) is 24.5. The van der Waals surface area contributed by atoms with Gasteiger partial charge in [-0.2, -0.15) is 0 Å². The number of carbonyl (C=O) groups is 4. The lowest BCUT2D eigenvalue weighted by atomic mass is 10.0. The number of rotatable bonds is 80. The molecular formula is C83H154O17P2. The number of aliphatic hydroxyl groups excluding tert-OH is 1. The summed E-state index contributed by atoms with van der Waals surface area (Å²) in [6, 6.07) is 0. The number of hydrogen-bond acceptors (Lipinski definition) is 15. The molecule has 0 aromatic carbocycles. The minimum atomic E-state index is -4.97. The number of esters is 4. The molecule has 0 fully saturated rings. The Morgan fingerprint density at radius 3 is 0.745 bits per heavy atom. The Labute approximate surface area is 623 Å². The van der Waals surface area contributed by atoms with Crippen molar-refractivity contribution < 1.29 is 80.2 Å². The normalized spacial score (nSPS) is 14.1. The maximum absolute atomic E-state index is 13.1. The Morgan fingerprint density at radius 1 is 0.275 bits per heavy atom. The Kier molecular flexibility index (Phi) is 74.0. The molecule has 0 saturated carbocycles. The summed E-state index contributed by atoms with van der Waals surface area (Å²) in [6.45, 7) is 4.90. The van der Waals surface area contributed by atoms with Crippen molar-refractivity contribution in [2.24, 2.45) is 0 Å². The summed E-state index contributed by atoms with van der Waals surface area (Å²) in [5.41, 5.74) is 0. The monoisotopic (exact) mass is 1490 g/mol. The molecule has 0 aromatic rings. The van der Waals surface area contributed by atoms with Gasteiger partial charge in [-0.05, 0) is 89.9 Å². The number of unbranched alkanes of at least 4 members (excludes halogenated alkanes) is 46. The van der Waals surface area contributed by atoms with Gasteiger partial charge in [-0.15, -0.1) is 0 Å². The van der Waals surface area contributed by atoms with Crippen LogP contribution >= 0.6 is 15.6 Å². The largest absolute Gasteiger partial charge is 0.472 e. The lowest BCUT2D eigenvalue weighted by Crippen LogP contribution is -2.30. The first-order valence-corrected chi connectivity index (χ1v) is 44.9. The number of aliphatic hydroxyl groups is 1. The van der Waals surface area contributed by atoms with Crippen LogP contribution in [0.2, 0.25) is 0 Å². The molecule has 0 heterocycles. The standard InChI is InChI=1S/C83H154O17P2/c1-5-9-13-17-21-25-29-33-37-38-42-44-48-52-56-60-64-68-81(86)94-74-79(100-83(88)70-66-62-58-54-50-46-41-36-32-28-24-20-16-12-8-4)76-98-102(91,92)96-72-77(84)71-95-101(89,90)97-75-78(99-82(87)69-65-61-57-53-49-45-40-35-31-27-23-19-15-11-7-3)73-93-80(85)67-63-59-55-51-47-43-39-34-30-26-22-18-14-10-6-2/h23-24,27-28,35-36,40-41,77-79,84H,5-22,25-26,29-34,37-39,42-76H2,1-4H3,(H,89,90)(H,91,92)/b27-23-,28-24-,40-35-,41-36-/t77-,78+,79+/m0/s1. The first kappa shape index (κ1) is 99.0. The maximum atomic E-state index is 13.1. The number of allylic oxidation sites excluding steroid dienone is 8. The highest BCUT2D eigenvalue weighted by molar-refractivity contribution is 7.47. The van der Waals surface area contributed by atoms with Gasteiger partial charge >= 0.3 is 39.5 Å². The molecule has 0 aromatic heterocycles. The molecule has 0 rings (SSSR count). The summed E-state index contributed by atoms with van der Waals surface area (Å²) in [6.07, 6.45) is 75.0. The average Bonchev–Trinajstić information content (AvgIpc) is 2.02. The van der Waals surface area contributed by atoms with E-state index in [1.165, 1.54) is 193 Å². The van der Waals surface area contributed by atoms with Crippen LogP contribution in [0.4, 0.5) is 0 Å². The molecule has 598 valence electrons. The van der Waals surface area contributed by atoms with Crippen molar-refractivity contribution in [3.63, 3.8) is 0 Å². The number of phosphoric ester groups is 2. The molecule has 0 radical (unpaired) electrons. The Balaban J connectivity index is 5.32. The third kappa shape index (κ3) is 75.3. The van der Waals surface area contributed by atoms with E-state index in [0.29, 0.717) is 25.7 Å². The van der Waals surface area contributed by atoms with Gasteiger partial charge in [0.2, 0.25) is 0 Å². The molecule has 0 saturated heterocycles. The van der Waals surface area contributed by atoms with Gasteiger partial charge in [-0.3, -0.25) is 37.3 Å². The van der Waals surface area contributed by atoms with Crippen LogP contribution in [0.1, 0.15) is 400 Å². The topological polar surface area (TPSA) is 237 Å². The fourth-order valence-corrected chi connectivity index (χ4v) is 13.5. The second kappa shape index (κ2) is 76.2. The van der Waals surface area contributed by atoms with Gasteiger partial charge in [0.1, 0.15) is 19.3 Å². The van der Waals surface area contributed by atoms with Crippen molar-refractivity contribution in [2.45, 2.75) is 418 Å². The quantitative estimate of drug-likeness (QED) is 0.0169. The van der Waals surface area contributed by atoms with Crippen molar-refractivity contribution in [2.75, 3.05) is 39.6 Å². The minimum absolute atomic E-state index is 0.0852. The Bertz CT molecular complexity index is 2120. The second-order valence-electron chi connectivity index (χ2n) is 28.4. The van der Waals surface area contributed by atoms with Gasteiger partial charge in [-0.25, -0.2) is 9.13 Å².